The molecule has 0 bridgehead atoms. The van der Waals surface area contributed by atoms with Crippen LogP contribution in [0.5, 0.6) is 0 Å². The lowest BCUT2D eigenvalue weighted by molar-refractivity contribution is 0.0941. The fourth-order valence-corrected chi connectivity index (χ4v) is 4.70. The van der Waals surface area contributed by atoms with Crippen LogP contribution in [0.2, 0.25) is 0 Å². The van der Waals surface area contributed by atoms with E-state index in [-0.39, 0.29) is 17.2 Å². The van der Waals surface area contributed by atoms with Crippen molar-refractivity contribution in [1.29, 1.82) is 0 Å². The first-order valence-corrected chi connectivity index (χ1v) is 11.3. The summed E-state index contributed by atoms with van der Waals surface area (Å²) in [7, 11) is 0. The number of thiophene rings is 1. The molecule has 4 aromatic rings. The van der Waals surface area contributed by atoms with Crippen molar-refractivity contribution in [3.8, 4) is 0 Å². The molecule has 29 heavy (non-hydrogen) atoms. The molecule has 148 valence electrons. The molecule has 0 aliphatic heterocycles. The molecule has 1 aromatic carbocycles. The van der Waals surface area contributed by atoms with Crippen molar-refractivity contribution in [1.82, 2.24) is 14.7 Å². The van der Waals surface area contributed by atoms with Crippen LogP contribution in [0.25, 0.3) is 4.96 Å². The van der Waals surface area contributed by atoms with Crippen LogP contribution in [-0.2, 0) is 6.42 Å². The van der Waals surface area contributed by atoms with Crippen LogP contribution in [0.3, 0.4) is 0 Å². The molecule has 5 nitrogen and oxygen atoms in total. The molecule has 1 N–H and O–H groups in total. The Hall–Kier alpha value is -2.77. The lowest BCUT2D eigenvalue weighted by atomic mass is 10.0. The van der Waals surface area contributed by atoms with Crippen molar-refractivity contribution >= 4 is 33.5 Å². The SMILES string of the molecule is CCCCc1ccc(C(NC(=O)c2cnc3sccn3c2=O)c2cccs2)cc1. The predicted octanol–water partition coefficient (Wildman–Crippen LogP) is 4.68. The van der Waals surface area contributed by atoms with Gasteiger partial charge in [-0.15, -0.1) is 22.7 Å². The number of carbonyl (C=O) groups is 1. The van der Waals surface area contributed by atoms with Gasteiger partial charge in [-0.3, -0.25) is 14.0 Å². The maximum absolute atomic E-state index is 13.0. The first-order valence-electron chi connectivity index (χ1n) is 9.55. The Balaban J connectivity index is 1.63. The first-order chi connectivity index (χ1) is 14.2. The van der Waals surface area contributed by atoms with Gasteiger partial charge < -0.3 is 5.32 Å². The van der Waals surface area contributed by atoms with E-state index in [0.29, 0.717) is 4.96 Å². The van der Waals surface area contributed by atoms with Crippen molar-refractivity contribution in [2.45, 2.75) is 32.2 Å². The van der Waals surface area contributed by atoms with Gasteiger partial charge in [0.2, 0.25) is 0 Å². The summed E-state index contributed by atoms with van der Waals surface area (Å²) in [6.07, 6.45) is 6.37. The smallest absolute Gasteiger partial charge is 0.271 e. The Morgan fingerprint density at radius 1 is 1.17 bits per heavy atom. The van der Waals surface area contributed by atoms with E-state index in [4.69, 9.17) is 0 Å². The second kappa shape index (κ2) is 8.71. The zero-order valence-electron chi connectivity index (χ0n) is 16.0. The third-order valence-electron chi connectivity index (χ3n) is 4.82. The fourth-order valence-electron chi connectivity index (χ4n) is 3.22. The van der Waals surface area contributed by atoms with Crippen LogP contribution in [0.15, 0.2) is 64.3 Å². The van der Waals surface area contributed by atoms with E-state index in [0.717, 1.165) is 29.7 Å². The molecule has 0 fully saturated rings. The summed E-state index contributed by atoms with van der Waals surface area (Å²) < 4.78 is 1.41. The van der Waals surface area contributed by atoms with Crippen LogP contribution in [0.4, 0.5) is 0 Å². The van der Waals surface area contributed by atoms with Crippen LogP contribution >= 0.6 is 22.7 Å². The molecule has 3 heterocycles. The normalized spacial score (nSPS) is 12.2. The van der Waals surface area contributed by atoms with Gasteiger partial charge in [0, 0.05) is 22.7 Å². The van der Waals surface area contributed by atoms with Crippen LogP contribution in [0.1, 0.15) is 52.2 Å². The largest absolute Gasteiger partial charge is 0.340 e. The molecular weight excluding hydrogens is 402 g/mol. The highest BCUT2D eigenvalue weighted by Crippen LogP contribution is 2.27. The van der Waals surface area contributed by atoms with E-state index >= 15 is 0 Å². The van der Waals surface area contributed by atoms with Crippen molar-refractivity contribution < 1.29 is 4.79 Å². The number of hydrogen-bond acceptors (Lipinski definition) is 5. The average molecular weight is 424 g/mol. The van der Waals surface area contributed by atoms with Crippen molar-refractivity contribution in [2.75, 3.05) is 0 Å². The summed E-state index contributed by atoms with van der Waals surface area (Å²) in [4.78, 5) is 31.4. The number of amides is 1. The van der Waals surface area contributed by atoms with Gasteiger partial charge in [-0.2, -0.15) is 0 Å². The highest BCUT2D eigenvalue weighted by atomic mass is 32.1. The van der Waals surface area contributed by atoms with Gasteiger partial charge in [0.05, 0.1) is 6.04 Å². The highest BCUT2D eigenvalue weighted by Gasteiger charge is 2.21. The van der Waals surface area contributed by atoms with E-state index in [1.165, 1.54) is 27.5 Å². The Labute approximate surface area is 176 Å². The van der Waals surface area contributed by atoms with Gasteiger partial charge in [0.15, 0.2) is 4.96 Å². The Morgan fingerprint density at radius 3 is 2.72 bits per heavy atom. The molecule has 1 atom stereocenters. The number of rotatable bonds is 7. The summed E-state index contributed by atoms with van der Waals surface area (Å²) in [5, 5.41) is 6.80. The molecule has 0 radical (unpaired) electrons. The van der Waals surface area contributed by atoms with Gasteiger partial charge in [0.1, 0.15) is 5.56 Å². The lowest BCUT2D eigenvalue weighted by Gasteiger charge is -2.18. The molecule has 7 heteroatoms. The minimum Gasteiger partial charge on any atom is -0.340 e. The first kappa shape index (κ1) is 19.5. The lowest BCUT2D eigenvalue weighted by Crippen LogP contribution is -2.34. The van der Waals surface area contributed by atoms with Gasteiger partial charge in [-0.25, -0.2) is 4.98 Å². The zero-order valence-corrected chi connectivity index (χ0v) is 17.6. The zero-order chi connectivity index (χ0) is 20.2. The molecule has 0 spiro atoms. The number of thiazole rings is 1. The number of fused-ring (bicyclic) bond motifs is 1. The maximum atomic E-state index is 13.0. The quantitative estimate of drug-likeness (QED) is 0.469. The van der Waals surface area contributed by atoms with Crippen molar-refractivity contribution in [3.63, 3.8) is 0 Å². The third-order valence-corrected chi connectivity index (χ3v) is 6.53. The molecule has 3 aromatic heterocycles. The Morgan fingerprint density at radius 2 is 2.00 bits per heavy atom. The van der Waals surface area contributed by atoms with E-state index in [9.17, 15) is 9.59 Å². The van der Waals surface area contributed by atoms with Crippen LogP contribution in [-0.4, -0.2) is 15.3 Å². The maximum Gasteiger partial charge on any atom is 0.271 e. The van der Waals surface area contributed by atoms with E-state index in [1.807, 2.05) is 17.5 Å². The van der Waals surface area contributed by atoms with Crippen LogP contribution in [0, 0.1) is 0 Å². The molecule has 1 unspecified atom stereocenters. The standard InChI is InChI=1S/C22H21N3O2S2/c1-2-3-5-15-7-9-16(10-8-15)19(18-6-4-12-28-18)24-20(26)17-14-23-22-25(21(17)27)11-13-29-22/h4,6-14,19H,2-3,5H2,1H3,(H,24,26). The van der Waals surface area contributed by atoms with Crippen molar-refractivity contribution in [3.05, 3.63) is 91.5 Å². The van der Waals surface area contributed by atoms with Gasteiger partial charge >= 0.3 is 0 Å². The molecule has 0 aliphatic rings. The summed E-state index contributed by atoms with van der Waals surface area (Å²) in [5.41, 5.74) is 1.97. The molecule has 0 saturated carbocycles. The summed E-state index contributed by atoms with van der Waals surface area (Å²) in [6, 6.07) is 12.0. The van der Waals surface area contributed by atoms with E-state index in [1.54, 1.807) is 22.9 Å². The van der Waals surface area contributed by atoms with E-state index in [2.05, 4.69) is 41.5 Å². The molecule has 0 aliphatic carbocycles. The summed E-state index contributed by atoms with van der Waals surface area (Å²) in [5.74, 6) is -0.420. The number of nitrogens with one attached hydrogen (secondary N) is 1. The average Bonchev–Trinajstić information content (AvgIpc) is 3.43. The number of nitrogens with zero attached hydrogens (tertiary/aromatic N) is 2. The molecular formula is C22H21N3O2S2. The second-order valence-electron chi connectivity index (χ2n) is 6.80. The number of carbonyl (C=O) groups excluding carboxylic acids is 1. The topological polar surface area (TPSA) is 63.5 Å². The monoisotopic (exact) mass is 423 g/mol. The van der Waals surface area contributed by atoms with Gasteiger partial charge in [0.25, 0.3) is 11.5 Å². The van der Waals surface area contributed by atoms with Crippen LogP contribution < -0.4 is 10.9 Å². The van der Waals surface area contributed by atoms with Gasteiger partial charge in [-0.05, 0) is 35.4 Å². The Kier molecular flexibility index (Phi) is 5.87. The number of unbranched alkanes of at least 4 members (excludes halogenated alkanes) is 1. The summed E-state index contributed by atoms with van der Waals surface area (Å²) in [6.45, 7) is 2.18. The number of aromatic nitrogens is 2. The highest BCUT2D eigenvalue weighted by molar-refractivity contribution is 7.15. The number of hydrogen-bond donors (Lipinski definition) is 1. The molecule has 1 amide bonds. The predicted molar refractivity (Wildman–Crippen MR) is 118 cm³/mol. The minimum absolute atomic E-state index is 0.0435. The number of aryl methyl sites for hydroxylation is 1. The second-order valence-corrected chi connectivity index (χ2v) is 8.65. The minimum atomic E-state index is -0.420. The molecule has 4 rings (SSSR count). The third kappa shape index (κ3) is 4.16. The fraction of sp³-hybridized carbons (Fsp3) is 0.227. The van der Waals surface area contributed by atoms with Crippen molar-refractivity contribution in [2.24, 2.45) is 0 Å². The van der Waals surface area contributed by atoms with E-state index < -0.39 is 5.91 Å². The Bertz CT molecular complexity index is 1160. The molecule has 0 saturated heterocycles. The number of benzene rings is 1. The van der Waals surface area contributed by atoms with Gasteiger partial charge in [-0.1, -0.05) is 43.7 Å². The summed E-state index contributed by atoms with van der Waals surface area (Å²) >= 11 is 2.94.